The molecule has 2 aliphatic heterocycles. The quantitative estimate of drug-likeness (QED) is 0.820. The van der Waals surface area contributed by atoms with Gasteiger partial charge in [0.1, 0.15) is 11.6 Å². The van der Waals surface area contributed by atoms with E-state index in [-0.39, 0.29) is 5.91 Å². The monoisotopic (exact) mass is 364 g/mol. The summed E-state index contributed by atoms with van der Waals surface area (Å²) in [5.74, 6) is 2.56. The van der Waals surface area contributed by atoms with Crippen LogP contribution in [0.1, 0.15) is 53.9 Å². The standard InChI is InChI=1S/C22H28N4O/c1-15-7-4-5-9-19(15)18-8-6-11-26(13-18)22-20-10-12-25(17(3)27)14-21(20)23-16(2)24-22/h4-5,7,9,18H,6,8,10-14H2,1-3H3/t18-/m1/s1. The van der Waals surface area contributed by atoms with E-state index >= 15 is 0 Å². The van der Waals surface area contributed by atoms with Crippen LogP contribution >= 0.6 is 0 Å². The number of aryl methyl sites for hydroxylation is 2. The lowest BCUT2D eigenvalue weighted by Gasteiger charge is -2.37. The molecule has 27 heavy (non-hydrogen) atoms. The van der Waals surface area contributed by atoms with Gasteiger partial charge in [0, 0.05) is 38.0 Å². The first-order valence-electron chi connectivity index (χ1n) is 9.95. The number of piperidine rings is 1. The van der Waals surface area contributed by atoms with E-state index in [1.54, 1.807) is 6.92 Å². The molecule has 5 nitrogen and oxygen atoms in total. The molecule has 1 amide bonds. The van der Waals surface area contributed by atoms with Crippen LogP contribution in [0.15, 0.2) is 24.3 Å². The summed E-state index contributed by atoms with van der Waals surface area (Å²) in [6, 6.07) is 8.74. The lowest BCUT2D eigenvalue weighted by atomic mass is 9.87. The molecule has 0 saturated carbocycles. The van der Waals surface area contributed by atoms with E-state index in [1.165, 1.54) is 29.5 Å². The van der Waals surface area contributed by atoms with Crippen LogP contribution in [-0.4, -0.2) is 40.4 Å². The zero-order valence-corrected chi connectivity index (χ0v) is 16.5. The van der Waals surface area contributed by atoms with Crippen LogP contribution < -0.4 is 4.90 Å². The Kier molecular flexibility index (Phi) is 4.85. The molecule has 2 aromatic rings. The summed E-state index contributed by atoms with van der Waals surface area (Å²) in [6.45, 7) is 9.22. The van der Waals surface area contributed by atoms with Gasteiger partial charge in [-0.2, -0.15) is 0 Å². The highest BCUT2D eigenvalue weighted by molar-refractivity contribution is 5.73. The number of nitrogens with zero attached hydrogens (tertiary/aromatic N) is 4. The molecule has 0 N–H and O–H groups in total. The molecule has 2 aliphatic rings. The number of carbonyl (C=O) groups excluding carboxylic acids is 1. The van der Waals surface area contributed by atoms with Crippen LogP contribution in [0.3, 0.4) is 0 Å². The first-order valence-corrected chi connectivity index (χ1v) is 9.95. The normalized spacial score (nSPS) is 19.7. The van der Waals surface area contributed by atoms with Crippen molar-refractivity contribution in [1.29, 1.82) is 0 Å². The van der Waals surface area contributed by atoms with E-state index < -0.39 is 0 Å². The Bertz CT molecular complexity index is 863. The molecule has 4 rings (SSSR count). The van der Waals surface area contributed by atoms with Gasteiger partial charge in [0.15, 0.2) is 0 Å². The van der Waals surface area contributed by atoms with Gasteiger partial charge in [-0.15, -0.1) is 0 Å². The smallest absolute Gasteiger partial charge is 0.219 e. The molecule has 1 saturated heterocycles. The summed E-state index contributed by atoms with van der Waals surface area (Å²) in [6.07, 6.45) is 3.25. The number of carbonyl (C=O) groups is 1. The van der Waals surface area contributed by atoms with Crippen LogP contribution in [-0.2, 0) is 17.8 Å². The van der Waals surface area contributed by atoms with Crippen molar-refractivity contribution in [1.82, 2.24) is 14.9 Å². The summed E-state index contributed by atoms with van der Waals surface area (Å²) in [7, 11) is 0. The van der Waals surface area contributed by atoms with Crippen molar-refractivity contribution in [2.75, 3.05) is 24.5 Å². The molecule has 142 valence electrons. The van der Waals surface area contributed by atoms with E-state index in [4.69, 9.17) is 4.98 Å². The lowest BCUT2D eigenvalue weighted by Crippen LogP contribution is -2.39. The van der Waals surface area contributed by atoms with Crippen LogP contribution in [0, 0.1) is 13.8 Å². The van der Waals surface area contributed by atoms with Gasteiger partial charge in [0.25, 0.3) is 0 Å². The van der Waals surface area contributed by atoms with Crippen molar-refractivity contribution < 1.29 is 4.79 Å². The molecule has 5 heteroatoms. The van der Waals surface area contributed by atoms with Gasteiger partial charge in [-0.1, -0.05) is 24.3 Å². The van der Waals surface area contributed by atoms with Gasteiger partial charge in [0.05, 0.1) is 12.2 Å². The second-order valence-corrected chi connectivity index (χ2v) is 7.85. The highest BCUT2D eigenvalue weighted by atomic mass is 16.2. The summed E-state index contributed by atoms with van der Waals surface area (Å²) < 4.78 is 0. The fourth-order valence-electron chi connectivity index (χ4n) is 4.53. The first kappa shape index (κ1) is 18.0. The van der Waals surface area contributed by atoms with Crippen molar-refractivity contribution in [3.8, 4) is 0 Å². The molecule has 0 unspecified atom stereocenters. The Labute approximate surface area is 161 Å². The first-order chi connectivity index (χ1) is 13.0. The van der Waals surface area contributed by atoms with Crippen molar-refractivity contribution >= 4 is 11.7 Å². The third kappa shape index (κ3) is 3.55. The van der Waals surface area contributed by atoms with Gasteiger partial charge in [0.2, 0.25) is 5.91 Å². The van der Waals surface area contributed by atoms with Crippen molar-refractivity contribution in [2.24, 2.45) is 0 Å². The molecule has 0 aliphatic carbocycles. The van der Waals surface area contributed by atoms with Crippen LogP contribution in [0.2, 0.25) is 0 Å². The maximum Gasteiger partial charge on any atom is 0.219 e. The predicted molar refractivity (Wildman–Crippen MR) is 107 cm³/mol. The molecule has 1 atom stereocenters. The summed E-state index contributed by atoms with van der Waals surface area (Å²) >= 11 is 0. The number of hydrogen-bond acceptors (Lipinski definition) is 4. The minimum absolute atomic E-state index is 0.121. The second-order valence-electron chi connectivity index (χ2n) is 7.85. The summed E-state index contributed by atoms with van der Waals surface area (Å²) in [5, 5.41) is 0. The largest absolute Gasteiger partial charge is 0.356 e. The minimum Gasteiger partial charge on any atom is -0.356 e. The average Bonchev–Trinajstić information content (AvgIpc) is 2.67. The number of rotatable bonds is 2. The van der Waals surface area contributed by atoms with E-state index in [0.29, 0.717) is 12.5 Å². The molecule has 1 aromatic heterocycles. The number of hydrogen-bond donors (Lipinski definition) is 0. The number of amides is 1. The Morgan fingerprint density at radius 3 is 2.74 bits per heavy atom. The maximum absolute atomic E-state index is 11.8. The zero-order chi connectivity index (χ0) is 19.0. The number of anilines is 1. The lowest BCUT2D eigenvalue weighted by molar-refractivity contribution is -0.129. The van der Waals surface area contributed by atoms with Crippen molar-refractivity contribution in [3.63, 3.8) is 0 Å². The van der Waals surface area contributed by atoms with Crippen LogP contribution in [0.4, 0.5) is 5.82 Å². The molecule has 1 aromatic carbocycles. The van der Waals surface area contributed by atoms with E-state index in [1.807, 2.05) is 11.8 Å². The summed E-state index contributed by atoms with van der Waals surface area (Å²) in [4.78, 5) is 25.6. The number of fused-ring (bicyclic) bond motifs is 1. The molecule has 0 radical (unpaired) electrons. The fraction of sp³-hybridized carbons (Fsp3) is 0.500. The molecular weight excluding hydrogens is 336 g/mol. The highest BCUT2D eigenvalue weighted by Crippen LogP contribution is 2.34. The van der Waals surface area contributed by atoms with Gasteiger partial charge in [-0.25, -0.2) is 9.97 Å². The SMILES string of the molecule is CC(=O)N1CCc2c(nc(C)nc2N2CCC[C@@H](c3ccccc3C)C2)C1. The number of benzene rings is 1. The maximum atomic E-state index is 11.8. The van der Waals surface area contributed by atoms with Crippen molar-refractivity contribution in [3.05, 3.63) is 52.5 Å². The van der Waals surface area contributed by atoms with Crippen LogP contribution in [0.25, 0.3) is 0 Å². The average molecular weight is 364 g/mol. The Morgan fingerprint density at radius 2 is 1.96 bits per heavy atom. The highest BCUT2D eigenvalue weighted by Gasteiger charge is 2.29. The van der Waals surface area contributed by atoms with Gasteiger partial charge < -0.3 is 9.80 Å². The number of aromatic nitrogens is 2. The molecule has 3 heterocycles. The Hall–Kier alpha value is -2.43. The van der Waals surface area contributed by atoms with Gasteiger partial charge >= 0.3 is 0 Å². The summed E-state index contributed by atoms with van der Waals surface area (Å²) in [5.41, 5.74) is 5.10. The third-order valence-corrected chi connectivity index (χ3v) is 5.95. The Morgan fingerprint density at radius 1 is 1.15 bits per heavy atom. The predicted octanol–water partition coefficient (Wildman–Crippen LogP) is 3.38. The third-order valence-electron chi connectivity index (χ3n) is 5.95. The topological polar surface area (TPSA) is 49.3 Å². The molecule has 0 bridgehead atoms. The second kappa shape index (κ2) is 7.29. The zero-order valence-electron chi connectivity index (χ0n) is 16.5. The van der Waals surface area contributed by atoms with Crippen molar-refractivity contribution in [2.45, 2.75) is 52.5 Å². The van der Waals surface area contributed by atoms with Crippen LogP contribution in [0.5, 0.6) is 0 Å². The fourth-order valence-corrected chi connectivity index (χ4v) is 4.53. The molecular formula is C22H28N4O. The van der Waals surface area contributed by atoms with Gasteiger partial charge in [-0.3, -0.25) is 4.79 Å². The van der Waals surface area contributed by atoms with Gasteiger partial charge in [-0.05, 0) is 44.2 Å². The van der Waals surface area contributed by atoms with E-state index in [0.717, 1.165) is 43.4 Å². The Balaban J connectivity index is 1.64. The van der Waals surface area contributed by atoms with E-state index in [9.17, 15) is 4.79 Å². The van der Waals surface area contributed by atoms with E-state index in [2.05, 4.69) is 41.1 Å². The molecule has 1 fully saturated rings. The minimum atomic E-state index is 0.121. The molecule has 0 spiro atoms.